The highest BCUT2D eigenvalue weighted by Crippen LogP contribution is 2.20. The van der Waals surface area contributed by atoms with Crippen LogP contribution in [0.4, 0.5) is 0 Å². The van der Waals surface area contributed by atoms with E-state index in [1.54, 1.807) is 5.57 Å². The van der Waals surface area contributed by atoms with Crippen molar-refractivity contribution in [3.63, 3.8) is 0 Å². The fourth-order valence-electron chi connectivity index (χ4n) is 5.33. The van der Waals surface area contributed by atoms with Crippen LogP contribution < -0.4 is 0 Å². The number of nitrogens with zero attached hydrogens (tertiary/aromatic N) is 1. The van der Waals surface area contributed by atoms with Crippen molar-refractivity contribution in [1.82, 2.24) is 0 Å². The fourth-order valence-corrected chi connectivity index (χ4v) is 5.33. The first kappa shape index (κ1) is 34.4. The van der Waals surface area contributed by atoms with E-state index < -0.39 is 0 Å². The smallest absolute Gasteiger partial charge is 0.0976 e. The summed E-state index contributed by atoms with van der Waals surface area (Å²) in [6.45, 7) is 19.3. The molecule has 208 valence electrons. The van der Waals surface area contributed by atoms with E-state index in [2.05, 4.69) is 53.7 Å². The number of unbranched alkanes of at least 4 members (excludes halogenated alkanes) is 15. The summed E-state index contributed by atoms with van der Waals surface area (Å²) >= 11 is 0. The molecule has 0 aliphatic carbocycles. The number of allylic oxidation sites excluding steroid dienone is 3. The monoisotopic (exact) mass is 491 g/mol. The van der Waals surface area contributed by atoms with E-state index in [4.69, 9.17) is 0 Å². The van der Waals surface area contributed by atoms with E-state index in [-0.39, 0.29) is 0 Å². The first-order chi connectivity index (χ1) is 17.0. The van der Waals surface area contributed by atoms with Gasteiger partial charge in [0.1, 0.15) is 0 Å². The van der Waals surface area contributed by atoms with Gasteiger partial charge in [-0.2, -0.15) is 0 Å². The molecule has 1 heteroatoms. The van der Waals surface area contributed by atoms with Gasteiger partial charge in [-0.25, -0.2) is 0 Å². The molecule has 0 rings (SSSR count). The summed E-state index contributed by atoms with van der Waals surface area (Å²) in [5.74, 6) is 0. The van der Waals surface area contributed by atoms with Crippen molar-refractivity contribution in [2.24, 2.45) is 0 Å². The Bertz CT molecular complexity index is 456. The summed E-state index contributed by atoms with van der Waals surface area (Å²) in [5.41, 5.74) is 3.07. The van der Waals surface area contributed by atoms with Gasteiger partial charge in [0, 0.05) is 0 Å². The van der Waals surface area contributed by atoms with E-state index >= 15 is 0 Å². The average Bonchev–Trinajstić information content (AvgIpc) is 2.84. The predicted molar refractivity (Wildman–Crippen MR) is 162 cm³/mol. The topological polar surface area (TPSA) is 0 Å². The maximum absolute atomic E-state index is 2.64. The third kappa shape index (κ3) is 22.4. The molecule has 35 heavy (non-hydrogen) atoms. The molecule has 0 radical (unpaired) electrons. The molecular formula is C34H68N+. The van der Waals surface area contributed by atoms with Crippen LogP contribution in [0.3, 0.4) is 0 Å². The van der Waals surface area contributed by atoms with Crippen molar-refractivity contribution >= 4 is 0 Å². The Morgan fingerprint density at radius 1 is 0.486 bits per heavy atom. The molecule has 0 aliphatic heterocycles. The predicted octanol–water partition coefficient (Wildman–Crippen LogP) is 11.6. The molecule has 0 saturated heterocycles. The highest BCUT2D eigenvalue weighted by Gasteiger charge is 2.25. The van der Waals surface area contributed by atoms with Gasteiger partial charge in [0.2, 0.25) is 0 Å². The lowest BCUT2D eigenvalue weighted by Gasteiger charge is -2.39. The highest BCUT2D eigenvalue weighted by atomic mass is 15.3. The van der Waals surface area contributed by atoms with Gasteiger partial charge in [0.05, 0.1) is 26.2 Å². The Kier molecular flexibility index (Phi) is 24.7. The maximum Gasteiger partial charge on any atom is 0.0976 e. The summed E-state index contributed by atoms with van der Waals surface area (Å²) in [4.78, 5) is 0. The maximum atomic E-state index is 2.64. The molecule has 0 aromatic rings. The van der Waals surface area contributed by atoms with E-state index in [0.717, 1.165) is 0 Å². The standard InChI is InChI=1S/C34H68N/c1-7-10-13-16-19-22-29-35(30-23-20-17-14-11-8-2,31-24-21-18-15-12-9-3)32-28-34(6)27-25-26-33(4)5/h26,28H,7-25,27,29-32H2,1-6H3/q+1. The van der Waals surface area contributed by atoms with E-state index in [0.29, 0.717) is 0 Å². The quantitative estimate of drug-likeness (QED) is 0.0642. The van der Waals surface area contributed by atoms with Crippen LogP contribution in [0, 0.1) is 0 Å². The Hall–Kier alpha value is -0.560. The summed E-state index contributed by atoms with van der Waals surface area (Å²) in [6, 6.07) is 0. The van der Waals surface area contributed by atoms with Crippen LogP contribution in [0.1, 0.15) is 170 Å². The minimum atomic E-state index is 1.21. The summed E-state index contributed by atoms with van der Waals surface area (Å²) in [6.07, 6.45) is 33.1. The minimum Gasteiger partial charge on any atom is -0.320 e. The van der Waals surface area contributed by atoms with Gasteiger partial charge < -0.3 is 4.48 Å². The third-order valence-corrected chi connectivity index (χ3v) is 7.88. The van der Waals surface area contributed by atoms with Gasteiger partial charge in [-0.1, -0.05) is 115 Å². The zero-order valence-electron chi connectivity index (χ0n) is 25.6. The SMILES string of the molecule is CCCCCCCC[N+](CC=C(C)CCC=C(C)C)(CCCCCCCC)CCCCCCCC. The molecule has 0 atom stereocenters. The fraction of sp³-hybridized carbons (Fsp3) is 0.882. The second-order valence-electron chi connectivity index (χ2n) is 11.9. The molecule has 0 fully saturated rings. The lowest BCUT2D eigenvalue weighted by Crippen LogP contribution is -2.50. The Morgan fingerprint density at radius 2 is 0.857 bits per heavy atom. The van der Waals surface area contributed by atoms with Gasteiger partial charge in [-0.3, -0.25) is 0 Å². The lowest BCUT2D eigenvalue weighted by atomic mass is 10.0. The Morgan fingerprint density at radius 3 is 1.23 bits per heavy atom. The molecule has 0 unspecified atom stereocenters. The van der Waals surface area contributed by atoms with Crippen LogP contribution in [0.25, 0.3) is 0 Å². The molecule has 1 nitrogen and oxygen atoms in total. The second kappa shape index (κ2) is 25.1. The molecule has 0 bridgehead atoms. The minimum absolute atomic E-state index is 1.21. The molecule has 0 N–H and O–H groups in total. The van der Waals surface area contributed by atoms with Crippen molar-refractivity contribution in [2.45, 2.75) is 170 Å². The van der Waals surface area contributed by atoms with Crippen LogP contribution in [0.15, 0.2) is 23.3 Å². The van der Waals surface area contributed by atoms with Crippen molar-refractivity contribution < 1.29 is 4.48 Å². The van der Waals surface area contributed by atoms with E-state index in [1.165, 1.54) is 165 Å². The van der Waals surface area contributed by atoms with Crippen LogP contribution >= 0.6 is 0 Å². The molecule has 0 aliphatic rings. The lowest BCUT2D eigenvalue weighted by molar-refractivity contribution is -0.923. The van der Waals surface area contributed by atoms with E-state index in [1.807, 2.05) is 0 Å². The molecule has 0 aromatic heterocycles. The van der Waals surface area contributed by atoms with Gasteiger partial charge in [0.15, 0.2) is 0 Å². The zero-order valence-corrected chi connectivity index (χ0v) is 25.6. The van der Waals surface area contributed by atoms with Crippen LogP contribution in [0.2, 0.25) is 0 Å². The molecule has 0 amide bonds. The van der Waals surface area contributed by atoms with Gasteiger partial charge in [0.25, 0.3) is 0 Å². The summed E-state index contributed by atoms with van der Waals surface area (Å²) in [7, 11) is 0. The van der Waals surface area contributed by atoms with Crippen molar-refractivity contribution in [3.05, 3.63) is 23.3 Å². The van der Waals surface area contributed by atoms with Crippen LogP contribution in [0.5, 0.6) is 0 Å². The summed E-state index contributed by atoms with van der Waals surface area (Å²) < 4.78 is 1.37. The average molecular weight is 491 g/mol. The molecule has 0 saturated carbocycles. The van der Waals surface area contributed by atoms with Crippen LogP contribution in [-0.2, 0) is 0 Å². The molecule has 0 heterocycles. The highest BCUT2D eigenvalue weighted by molar-refractivity contribution is 5.02. The Labute approximate surface area is 223 Å². The first-order valence-corrected chi connectivity index (χ1v) is 16.1. The van der Waals surface area contributed by atoms with Gasteiger partial charge in [-0.15, -0.1) is 0 Å². The largest absolute Gasteiger partial charge is 0.320 e. The van der Waals surface area contributed by atoms with E-state index in [9.17, 15) is 0 Å². The number of rotatable bonds is 26. The van der Waals surface area contributed by atoms with Crippen molar-refractivity contribution in [2.75, 3.05) is 26.2 Å². The normalized spacial score (nSPS) is 12.3. The summed E-state index contributed by atoms with van der Waals surface area (Å²) in [5, 5.41) is 0. The number of quaternary nitrogens is 1. The van der Waals surface area contributed by atoms with Crippen molar-refractivity contribution in [1.29, 1.82) is 0 Å². The first-order valence-electron chi connectivity index (χ1n) is 16.1. The van der Waals surface area contributed by atoms with Gasteiger partial charge >= 0.3 is 0 Å². The molecular weight excluding hydrogens is 422 g/mol. The zero-order chi connectivity index (χ0) is 26.0. The second-order valence-corrected chi connectivity index (χ2v) is 11.9. The number of hydrogen-bond donors (Lipinski definition) is 0. The Balaban J connectivity index is 5.12. The van der Waals surface area contributed by atoms with Crippen molar-refractivity contribution in [3.8, 4) is 0 Å². The number of hydrogen-bond acceptors (Lipinski definition) is 0. The molecule has 0 aromatic carbocycles. The third-order valence-electron chi connectivity index (χ3n) is 7.88. The van der Waals surface area contributed by atoms with Crippen LogP contribution in [-0.4, -0.2) is 30.7 Å². The molecule has 0 spiro atoms. The van der Waals surface area contributed by atoms with Gasteiger partial charge in [-0.05, 0) is 78.2 Å².